The van der Waals surface area contributed by atoms with Crippen molar-refractivity contribution in [2.75, 3.05) is 5.32 Å². The van der Waals surface area contributed by atoms with E-state index in [2.05, 4.69) is 5.32 Å². The lowest BCUT2D eigenvalue weighted by atomic mass is 10.1. The van der Waals surface area contributed by atoms with Gasteiger partial charge >= 0.3 is 0 Å². The quantitative estimate of drug-likeness (QED) is 0.836. The molecule has 2 rings (SSSR count). The van der Waals surface area contributed by atoms with Gasteiger partial charge < -0.3 is 11.1 Å². The van der Waals surface area contributed by atoms with Crippen LogP contribution in [0.1, 0.15) is 16.7 Å². The number of nitrogens with two attached hydrogens (primary N) is 1. The van der Waals surface area contributed by atoms with E-state index >= 15 is 0 Å². The number of halogens is 1. The molecule has 0 spiro atoms. The highest BCUT2D eigenvalue weighted by Gasteiger charge is 2.04. The van der Waals surface area contributed by atoms with Crippen LogP contribution in [0.3, 0.4) is 0 Å². The van der Waals surface area contributed by atoms with Crippen molar-refractivity contribution >= 4 is 28.6 Å². The van der Waals surface area contributed by atoms with E-state index in [-0.39, 0.29) is 5.82 Å². The lowest BCUT2D eigenvalue weighted by Crippen LogP contribution is -2.11. The summed E-state index contributed by atoms with van der Waals surface area (Å²) < 4.78 is 13.3. The molecule has 0 aromatic heterocycles. The van der Waals surface area contributed by atoms with Crippen molar-refractivity contribution in [1.29, 1.82) is 0 Å². The van der Waals surface area contributed by atoms with E-state index < -0.39 is 0 Å². The van der Waals surface area contributed by atoms with Crippen LogP contribution < -0.4 is 11.1 Å². The van der Waals surface area contributed by atoms with Gasteiger partial charge in [-0.2, -0.15) is 0 Å². The molecule has 2 aromatic rings. The topological polar surface area (TPSA) is 38.0 Å². The van der Waals surface area contributed by atoms with E-state index in [0.29, 0.717) is 4.99 Å². The molecular formula is C15H15FN2S. The third kappa shape index (κ3) is 3.29. The number of rotatable bonds is 3. The lowest BCUT2D eigenvalue weighted by Gasteiger charge is -2.10. The third-order valence-electron chi connectivity index (χ3n) is 2.82. The second-order valence-electron chi connectivity index (χ2n) is 4.54. The van der Waals surface area contributed by atoms with Crippen molar-refractivity contribution in [3.8, 4) is 0 Å². The number of anilines is 2. The van der Waals surface area contributed by atoms with Gasteiger partial charge in [-0.25, -0.2) is 4.39 Å². The predicted molar refractivity (Wildman–Crippen MR) is 81.5 cm³/mol. The summed E-state index contributed by atoms with van der Waals surface area (Å²) in [7, 11) is 0. The summed E-state index contributed by atoms with van der Waals surface area (Å²) in [6, 6.07) is 10.5. The molecule has 0 unspecified atom stereocenters. The van der Waals surface area contributed by atoms with Crippen molar-refractivity contribution in [3.05, 3.63) is 58.9 Å². The Morgan fingerprint density at radius 2 is 1.84 bits per heavy atom. The average Bonchev–Trinajstić information content (AvgIpc) is 2.26. The molecule has 3 N–H and O–H groups in total. The molecule has 4 heteroatoms. The standard InChI is InChI=1S/C15H15FN2S/c1-9-5-11(16)8-13(6-9)18-12-3-4-14(15(17)19)10(2)7-12/h3-8,18H,1-2H3,(H2,17,19). The van der Waals surface area contributed by atoms with Gasteiger partial charge in [0.05, 0.1) is 0 Å². The van der Waals surface area contributed by atoms with E-state index in [1.807, 2.05) is 38.1 Å². The number of nitrogens with one attached hydrogen (secondary N) is 1. The Morgan fingerprint density at radius 3 is 2.42 bits per heavy atom. The minimum Gasteiger partial charge on any atom is -0.389 e. The van der Waals surface area contributed by atoms with Crippen molar-refractivity contribution < 1.29 is 4.39 Å². The Morgan fingerprint density at radius 1 is 1.11 bits per heavy atom. The SMILES string of the molecule is Cc1cc(F)cc(Nc2ccc(C(N)=S)c(C)c2)c1. The highest BCUT2D eigenvalue weighted by molar-refractivity contribution is 7.80. The second-order valence-corrected chi connectivity index (χ2v) is 4.98. The van der Waals surface area contributed by atoms with Gasteiger partial charge in [-0.15, -0.1) is 0 Å². The zero-order chi connectivity index (χ0) is 14.0. The predicted octanol–water partition coefficient (Wildman–Crippen LogP) is 3.82. The zero-order valence-electron chi connectivity index (χ0n) is 10.8. The fourth-order valence-corrected chi connectivity index (χ4v) is 2.22. The van der Waals surface area contributed by atoms with Crippen molar-refractivity contribution in [2.24, 2.45) is 5.73 Å². The van der Waals surface area contributed by atoms with Crippen LogP contribution in [-0.4, -0.2) is 4.99 Å². The molecule has 98 valence electrons. The minimum absolute atomic E-state index is 0.251. The molecule has 0 aliphatic rings. The summed E-state index contributed by atoms with van der Waals surface area (Å²) >= 11 is 4.96. The van der Waals surface area contributed by atoms with Crippen LogP contribution in [0.4, 0.5) is 15.8 Å². The minimum atomic E-state index is -0.251. The first-order valence-corrected chi connectivity index (χ1v) is 6.31. The van der Waals surface area contributed by atoms with Crippen molar-refractivity contribution in [1.82, 2.24) is 0 Å². The first-order valence-electron chi connectivity index (χ1n) is 5.90. The van der Waals surface area contributed by atoms with E-state index in [9.17, 15) is 4.39 Å². The van der Waals surface area contributed by atoms with Gasteiger partial charge in [0.2, 0.25) is 0 Å². The van der Waals surface area contributed by atoms with Crippen molar-refractivity contribution in [3.63, 3.8) is 0 Å². The largest absolute Gasteiger partial charge is 0.389 e. The molecule has 2 aromatic carbocycles. The highest BCUT2D eigenvalue weighted by atomic mass is 32.1. The Hall–Kier alpha value is -1.94. The van der Waals surface area contributed by atoms with Crippen LogP contribution in [0.15, 0.2) is 36.4 Å². The Kier molecular flexibility index (Phi) is 3.81. The van der Waals surface area contributed by atoms with Gasteiger partial charge in [0.15, 0.2) is 0 Å². The van der Waals surface area contributed by atoms with Gasteiger partial charge in [0, 0.05) is 16.9 Å². The fraction of sp³-hybridized carbons (Fsp3) is 0.133. The maximum atomic E-state index is 13.3. The maximum Gasteiger partial charge on any atom is 0.125 e. The monoisotopic (exact) mass is 274 g/mol. The number of hydrogen-bond acceptors (Lipinski definition) is 2. The molecular weight excluding hydrogens is 259 g/mol. The van der Waals surface area contributed by atoms with Gasteiger partial charge in [0.25, 0.3) is 0 Å². The van der Waals surface area contributed by atoms with E-state index in [1.54, 1.807) is 0 Å². The van der Waals surface area contributed by atoms with Gasteiger partial charge in [-0.3, -0.25) is 0 Å². The average molecular weight is 274 g/mol. The van der Waals surface area contributed by atoms with Crippen LogP contribution >= 0.6 is 12.2 Å². The normalized spacial score (nSPS) is 10.3. The Balaban J connectivity index is 2.28. The fourth-order valence-electron chi connectivity index (χ4n) is 1.99. The summed E-state index contributed by atoms with van der Waals surface area (Å²) in [5.74, 6) is -0.251. The zero-order valence-corrected chi connectivity index (χ0v) is 11.6. The van der Waals surface area contributed by atoms with E-state index in [4.69, 9.17) is 18.0 Å². The van der Waals surface area contributed by atoms with Crippen LogP contribution in [0, 0.1) is 19.7 Å². The molecule has 2 nitrogen and oxygen atoms in total. The molecule has 0 bridgehead atoms. The van der Waals surface area contributed by atoms with Crippen LogP contribution in [0.25, 0.3) is 0 Å². The van der Waals surface area contributed by atoms with Crippen LogP contribution in [0.5, 0.6) is 0 Å². The van der Waals surface area contributed by atoms with Crippen molar-refractivity contribution in [2.45, 2.75) is 13.8 Å². The first-order chi connectivity index (χ1) is 8.95. The van der Waals surface area contributed by atoms with Gasteiger partial charge in [0.1, 0.15) is 10.8 Å². The van der Waals surface area contributed by atoms with Crippen LogP contribution in [0.2, 0.25) is 0 Å². The number of aryl methyl sites for hydroxylation is 2. The van der Waals surface area contributed by atoms with E-state index in [0.717, 1.165) is 28.1 Å². The highest BCUT2D eigenvalue weighted by Crippen LogP contribution is 2.21. The number of thiocarbonyl (C=S) groups is 1. The molecule has 19 heavy (non-hydrogen) atoms. The number of benzene rings is 2. The van der Waals surface area contributed by atoms with Gasteiger partial charge in [-0.05, 0) is 61.4 Å². The molecule has 0 radical (unpaired) electrons. The first kappa shape index (κ1) is 13.5. The van der Waals surface area contributed by atoms with E-state index in [1.165, 1.54) is 12.1 Å². The molecule has 0 heterocycles. The Bertz CT molecular complexity index is 618. The smallest absolute Gasteiger partial charge is 0.125 e. The molecule has 0 aliphatic heterocycles. The number of hydrogen-bond donors (Lipinski definition) is 2. The third-order valence-corrected chi connectivity index (χ3v) is 3.04. The summed E-state index contributed by atoms with van der Waals surface area (Å²) in [5, 5.41) is 3.17. The second kappa shape index (κ2) is 5.36. The summed E-state index contributed by atoms with van der Waals surface area (Å²) in [4.78, 5) is 0.380. The molecule has 0 fully saturated rings. The maximum absolute atomic E-state index is 13.3. The Labute approximate surface area is 117 Å². The van der Waals surface area contributed by atoms with Gasteiger partial charge in [-0.1, -0.05) is 12.2 Å². The molecule has 0 saturated heterocycles. The van der Waals surface area contributed by atoms with Crippen LogP contribution in [-0.2, 0) is 0 Å². The molecule has 0 amide bonds. The molecule has 0 aliphatic carbocycles. The summed E-state index contributed by atoms with van der Waals surface area (Å²) in [6.07, 6.45) is 0. The summed E-state index contributed by atoms with van der Waals surface area (Å²) in [5.41, 5.74) is 9.94. The molecule has 0 saturated carbocycles. The lowest BCUT2D eigenvalue weighted by molar-refractivity contribution is 0.627. The summed E-state index contributed by atoms with van der Waals surface area (Å²) in [6.45, 7) is 3.80. The molecule has 0 atom stereocenters.